The van der Waals surface area contributed by atoms with E-state index in [0.29, 0.717) is 13.0 Å². The van der Waals surface area contributed by atoms with E-state index < -0.39 is 11.6 Å². The molecule has 0 fully saturated rings. The van der Waals surface area contributed by atoms with Crippen LogP contribution in [0.3, 0.4) is 0 Å². The molecule has 0 aromatic rings. The van der Waals surface area contributed by atoms with Gasteiger partial charge in [0.2, 0.25) is 0 Å². The lowest BCUT2D eigenvalue weighted by molar-refractivity contribution is -0.137. The van der Waals surface area contributed by atoms with Crippen LogP contribution in [0, 0.1) is 17.2 Å². The lowest BCUT2D eigenvalue weighted by atomic mass is 10.1. The van der Waals surface area contributed by atoms with Crippen LogP contribution in [0.15, 0.2) is 0 Å². The zero-order valence-electron chi connectivity index (χ0n) is 9.53. The van der Waals surface area contributed by atoms with Gasteiger partial charge in [-0.05, 0) is 27.2 Å². The van der Waals surface area contributed by atoms with E-state index in [9.17, 15) is 4.79 Å². The summed E-state index contributed by atoms with van der Waals surface area (Å²) < 4.78 is 0. The number of hydrogen-bond acceptors (Lipinski definition) is 4. The summed E-state index contributed by atoms with van der Waals surface area (Å²) in [5, 5.41) is 25.1. The zero-order chi connectivity index (χ0) is 12.5. The first-order valence-electron chi connectivity index (χ1n) is 4.76. The molecule has 1 unspecified atom stereocenters. The molecule has 0 aromatic heterocycles. The van der Waals surface area contributed by atoms with Crippen molar-refractivity contribution in [2.75, 3.05) is 6.54 Å². The van der Waals surface area contributed by atoms with E-state index in [2.05, 4.69) is 0 Å². The van der Waals surface area contributed by atoms with Crippen LogP contribution in [0.25, 0.3) is 0 Å². The first kappa shape index (κ1) is 16.3. The molecular formula is C10H20N2O3. The molecule has 0 saturated carbocycles. The van der Waals surface area contributed by atoms with Crippen molar-refractivity contribution in [2.45, 2.75) is 39.2 Å². The average Bonchev–Trinajstić information content (AvgIpc) is 2.14. The van der Waals surface area contributed by atoms with E-state index in [4.69, 9.17) is 21.2 Å². The Kier molecular flexibility index (Phi) is 8.93. The van der Waals surface area contributed by atoms with Crippen LogP contribution in [0.5, 0.6) is 0 Å². The molecule has 0 aromatic carbocycles. The van der Waals surface area contributed by atoms with Crippen molar-refractivity contribution >= 4 is 5.97 Å². The average molecular weight is 216 g/mol. The van der Waals surface area contributed by atoms with Crippen molar-refractivity contribution in [2.24, 2.45) is 11.7 Å². The predicted molar refractivity (Wildman–Crippen MR) is 57.0 cm³/mol. The molecule has 4 N–H and O–H groups in total. The largest absolute Gasteiger partial charge is 0.481 e. The van der Waals surface area contributed by atoms with Crippen LogP contribution in [-0.2, 0) is 4.79 Å². The van der Waals surface area contributed by atoms with Crippen molar-refractivity contribution in [3.8, 4) is 6.07 Å². The van der Waals surface area contributed by atoms with Crippen molar-refractivity contribution in [3.05, 3.63) is 0 Å². The summed E-state index contributed by atoms with van der Waals surface area (Å²) in [5.41, 5.74) is 4.38. The van der Waals surface area contributed by atoms with Gasteiger partial charge in [0.1, 0.15) is 0 Å². The third-order valence-corrected chi connectivity index (χ3v) is 1.51. The normalized spacial score (nSPS) is 12.0. The minimum Gasteiger partial charge on any atom is -0.481 e. The molecule has 0 rings (SSSR count). The smallest absolute Gasteiger partial charge is 0.303 e. The number of carboxylic acids is 1. The monoisotopic (exact) mass is 216 g/mol. The number of nitrogens with zero attached hydrogens (tertiary/aromatic N) is 1. The maximum atomic E-state index is 9.91. The number of nitriles is 1. The summed E-state index contributed by atoms with van der Waals surface area (Å²) in [4.78, 5) is 9.91. The summed E-state index contributed by atoms with van der Waals surface area (Å²) in [7, 11) is 0. The molecule has 0 amide bonds. The Morgan fingerprint density at radius 1 is 1.60 bits per heavy atom. The quantitative estimate of drug-likeness (QED) is 0.642. The van der Waals surface area contributed by atoms with Gasteiger partial charge in [-0.25, -0.2) is 0 Å². The summed E-state index contributed by atoms with van der Waals surface area (Å²) >= 11 is 0. The molecule has 0 heterocycles. The Bertz CT molecular complexity index is 216. The number of rotatable bonds is 4. The van der Waals surface area contributed by atoms with Crippen molar-refractivity contribution < 1.29 is 15.0 Å². The highest BCUT2D eigenvalue weighted by Gasteiger charge is 2.06. The van der Waals surface area contributed by atoms with Gasteiger partial charge >= 0.3 is 5.97 Å². The van der Waals surface area contributed by atoms with Gasteiger partial charge in [-0.15, -0.1) is 0 Å². The van der Waals surface area contributed by atoms with E-state index in [-0.39, 0.29) is 12.3 Å². The van der Waals surface area contributed by atoms with Crippen LogP contribution in [0.1, 0.15) is 33.6 Å². The van der Waals surface area contributed by atoms with Gasteiger partial charge in [0, 0.05) is 18.9 Å². The molecule has 1 atom stereocenters. The van der Waals surface area contributed by atoms with Crippen molar-refractivity contribution in [3.63, 3.8) is 0 Å². The van der Waals surface area contributed by atoms with Crippen LogP contribution in [0.2, 0.25) is 0 Å². The highest BCUT2D eigenvalue weighted by Crippen LogP contribution is 2.02. The molecule has 15 heavy (non-hydrogen) atoms. The molecule has 5 nitrogen and oxygen atoms in total. The zero-order valence-corrected chi connectivity index (χ0v) is 9.53. The molecular weight excluding hydrogens is 196 g/mol. The highest BCUT2D eigenvalue weighted by atomic mass is 16.4. The molecule has 0 aliphatic heterocycles. The fraction of sp³-hybridized carbons (Fsp3) is 0.800. The Morgan fingerprint density at radius 3 is 2.20 bits per heavy atom. The first-order valence-corrected chi connectivity index (χ1v) is 4.76. The van der Waals surface area contributed by atoms with E-state index in [1.807, 2.05) is 6.07 Å². The van der Waals surface area contributed by atoms with Crippen molar-refractivity contribution in [1.82, 2.24) is 0 Å². The minimum absolute atomic E-state index is 0.0920. The van der Waals surface area contributed by atoms with Gasteiger partial charge in [-0.2, -0.15) is 5.26 Å². The standard InChI is InChI=1S/C6H9NO2.C4H11NO/c1-5(4-7)2-3-6(8)9;1-4(2,6)3-5/h5H,2-3H2,1H3,(H,8,9);6H,3,5H2,1-2H3. The second kappa shape index (κ2) is 8.21. The second-order valence-electron chi connectivity index (χ2n) is 3.98. The van der Waals surface area contributed by atoms with E-state index in [0.717, 1.165) is 0 Å². The molecule has 0 bridgehead atoms. The number of nitrogens with two attached hydrogens (primary N) is 1. The van der Waals surface area contributed by atoms with Gasteiger partial charge in [0.05, 0.1) is 11.7 Å². The fourth-order valence-electron chi connectivity index (χ4n) is 0.405. The maximum Gasteiger partial charge on any atom is 0.303 e. The van der Waals surface area contributed by atoms with Crippen LogP contribution in [0.4, 0.5) is 0 Å². The summed E-state index contributed by atoms with van der Waals surface area (Å²) in [6.45, 7) is 5.38. The van der Waals surface area contributed by atoms with Gasteiger partial charge in [0.25, 0.3) is 0 Å². The summed E-state index contributed by atoms with van der Waals surface area (Å²) in [6.07, 6.45) is 0.542. The SMILES string of the molecule is CC(C#N)CCC(=O)O.CC(C)(O)CN. The molecule has 0 radical (unpaired) electrons. The van der Waals surface area contributed by atoms with E-state index in [1.165, 1.54) is 0 Å². The minimum atomic E-state index is -0.836. The third kappa shape index (κ3) is 19.3. The van der Waals surface area contributed by atoms with Gasteiger partial charge in [-0.3, -0.25) is 4.79 Å². The Labute approximate surface area is 90.5 Å². The molecule has 0 aliphatic carbocycles. The van der Waals surface area contributed by atoms with Gasteiger partial charge in [-0.1, -0.05) is 0 Å². The number of carbonyl (C=O) groups is 1. The molecule has 0 spiro atoms. The van der Waals surface area contributed by atoms with Crippen LogP contribution >= 0.6 is 0 Å². The third-order valence-electron chi connectivity index (χ3n) is 1.51. The van der Waals surface area contributed by atoms with Crippen LogP contribution < -0.4 is 5.73 Å². The van der Waals surface area contributed by atoms with E-state index in [1.54, 1.807) is 20.8 Å². The predicted octanol–water partition coefficient (Wildman–Crippen LogP) is 0.727. The topological polar surface area (TPSA) is 107 Å². The highest BCUT2D eigenvalue weighted by molar-refractivity contribution is 5.66. The molecule has 0 saturated heterocycles. The number of hydrogen-bond donors (Lipinski definition) is 3. The lowest BCUT2D eigenvalue weighted by Crippen LogP contribution is -2.29. The molecule has 0 aliphatic rings. The Morgan fingerprint density at radius 2 is 2.00 bits per heavy atom. The van der Waals surface area contributed by atoms with E-state index >= 15 is 0 Å². The maximum absolute atomic E-state index is 9.91. The summed E-state index contributed by atoms with van der Waals surface area (Å²) in [5.74, 6) is -0.974. The Hall–Kier alpha value is -1.12. The van der Waals surface area contributed by atoms with Crippen LogP contribution in [-0.4, -0.2) is 28.3 Å². The fourth-order valence-corrected chi connectivity index (χ4v) is 0.405. The second-order valence-corrected chi connectivity index (χ2v) is 3.98. The Balaban J connectivity index is 0. The summed E-state index contributed by atoms with van der Waals surface area (Å²) in [6, 6.07) is 1.96. The van der Waals surface area contributed by atoms with Gasteiger partial charge < -0.3 is 15.9 Å². The number of aliphatic hydroxyl groups is 1. The number of aliphatic carboxylic acids is 1. The molecule has 5 heteroatoms. The van der Waals surface area contributed by atoms with Crippen molar-refractivity contribution in [1.29, 1.82) is 5.26 Å². The van der Waals surface area contributed by atoms with Gasteiger partial charge in [0.15, 0.2) is 0 Å². The number of carboxylic acid groups (broad SMARTS) is 1. The lowest BCUT2D eigenvalue weighted by Gasteiger charge is -2.11. The first-order chi connectivity index (χ1) is 6.72. The molecule has 88 valence electrons.